The molecule has 0 aliphatic rings. The fourth-order valence-corrected chi connectivity index (χ4v) is 1.63. The molecule has 0 spiro atoms. The standard InChI is InChI=1S/C14H20N2O/c1-10(11-8-6-5-7-9-11)16-12(13(15)17)14(2,3)4/h5-10H,1-4H3,(H2,15,17)/t10-/m0/s1. The van der Waals surface area contributed by atoms with Gasteiger partial charge in [-0.1, -0.05) is 51.1 Å². The molecule has 1 rings (SSSR count). The molecule has 1 aromatic carbocycles. The van der Waals surface area contributed by atoms with Gasteiger partial charge in [-0.05, 0) is 12.5 Å². The van der Waals surface area contributed by atoms with Gasteiger partial charge < -0.3 is 5.73 Å². The summed E-state index contributed by atoms with van der Waals surface area (Å²) in [5.41, 5.74) is 6.57. The first-order chi connectivity index (χ1) is 7.82. The van der Waals surface area contributed by atoms with Crippen LogP contribution in [0.15, 0.2) is 35.3 Å². The molecule has 0 saturated heterocycles. The van der Waals surface area contributed by atoms with E-state index >= 15 is 0 Å². The quantitative estimate of drug-likeness (QED) is 0.800. The number of nitrogens with zero attached hydrogens (tertiary/aromatic N) is 1. The van der Waals surface area contributed by atoms with Crippen LogP contribution in [-0.2, 0) is 4.79 Å². The van der Waals surface area contributed by atoms with Gasteiger partial charge in [-0.2, -0.15) is 0 Å². The molecule has 1 atom stereocenters. The number of hydrogen-bond donors (Lipinski definition) is 1. The van der Waals surface area contributed by atoms with Crippen molar-refractivity contribution in [1.82, 2.24) is 0 Å². The molecule has 3 nitrogen and oxygen atoms in total. The first kappa shape index (κ1) is 13.4. The Kier molecular flexibility index (Phi) is 4.05. The summed E-state index contributed by atoms with van der Waals surface area (Å²) in [4.78, 5) is 15.9. The van der Waals surface area contributed by atoms with Crippen LogP contribution in [0.25, 0.3) is 0 Å². The van der Waals surface area contributed by atoms with Gasteiger partial charge in [0.2, 0.25) is 0 Å². The van der Waals surface area contributed by atoms with E-state index < -0.39 is 5.91 Å². The van der Waals surface area contributed by atoms with Crippen LogP contribution in [-0.4, -0.2) is 11.6 Å². The summed E-state index contributed by atoms with van der Waals surface area (Å²) in [6, 6.07) is 9.81. The second-order valence-corrected chi connectivity index (χ2v) is 5.18. The molecule has 0 fully saturated rings. The predicted octanol–water partition coefficient (Wildman–Crippen LogP) is 2.72. The van der Waals surface area contributed by atoms with Gasteiger partial charge >= 0.3 is 0 Å². The Morgan fingerprint density at radius 2 is 1.76 bits per heavy atom. The van der Waals surface area contributed by atoms with Gasteiger partial charge in [0.1, 0.15) is 5.71 Å². The Morgan fingerprint density at radius 3 is 2.18 bits per heavy atom. The molecular weight excluding hydrogens is 212 g/mol. The first-order valence-electron chi connectivity index (χ1n) is 5.75. The number of carbonyl (C=O) groups excluding carboxylic acids is 1. The minimum atomic E-state index is -0.444. The lowest BCUT2D eigenvalue weighted by Crippen LogP contribution is -2.34. The van der Waals surface area contributed by atoms with Gasteiger partial charge in [0.25, 0.3) is 5.91 Å². The third-order valence-corrected chi connectivity index (χ3v) is 2.55. The number of amides is 1. The van der Waals surface area contributed by atoms with Crippen LogP contribution in [0.2, 0.25) is 0 Å². The zero-order valence-corrected chi connectivity index (χ0v) is 10.9. The van der Waals surface area contributed by atoms with Gasteiger partial charge in [0.15, 0.2) is 0 Å². The van der Waals surface area contributed by atoms with Gasteiger partial charge in [-0.25, -0.2) is 0 Å². The van der Waals surface area contributed by atoms with Crippen molar-refractivity contribution in [3.63, 3.8) is 0 Å². The third kappa shape index (κ3) is 3.70. The minimum absolute atomic E-state index is 0.0575. The maximum atomic E-state index is 11.4. The molecule has 0 aromatic heterocycles. The summed E-state index contributed by atoms with van der Waals surface area (Å²) in [5.74, 6) is -0.444. The summed E-state index contributed by atoms with van der Waals surface area (Å²) in [6.07, 6.45) is 0. The van der Waals surface area contributed by atoms with Crippen molar-refractivity contribution in [1.29, 1.82) is 0 Å². The minimum Gasteiger partial charge on any atom is -0.365 e. The van der Waals surface area contributed by atoms with Crippen LogP contribution in [0.4, 0.5) is 0 Å². The fraction of sp³-hybridized carbons (Fsp3) is 0.429. The van der Waals surface area contributed by atoms with Crippen LogP contribution >= 0.6 is 0 Å². The zero-order valence-electron chi connectivity index (χ0n) is 10.9. The van der Waals surface area contributed by atoms with Gasteiger partial charge in [-0.15, -0.1) is 0 Å². The molecule has 0 aliphatic heterocycles. The molecule has 0 aliphatic carbocycles. The van der Waals surface area contributed by atoms with Crippen molar-refractivity contribution >= 4 is 11.6 Å². The van der Waals surface area contributed by atoms with Crippen molar-refractivity contribution in [2.75, 3.05) is 0 Å². The van der Waals surface area contributed by atoms with Crippen molar-refractivity contribution in [2.45, 2.75) is 33.7 Å². The monoisotopic (exact) mass is 232 g/mol. The molecule has 1 aromatic rings. The Labute approximate surface area is 103 Å². The van der Waals surface area contributed by atoms with Crippen molar-refractivity contribution in [3.05, 3.63) is 35.9 Å². The highest BCUT2D eigenvalue weighted by Gasteiger charge is 2.24. The molecule has 0 saturated carbocycles. The number of carbonyl (C=O) groups is 1. The topological polar surface area (TPSA) is 55.4 Å². The van der Waals surface area contributed by atoms with Crippen LogP contribution in [0.5, 0.6) is 0 Å². The molecule has 1 amide bonds. The Balaban J connectivity index is 3.04. The molecule has 3 heteroatoms. The van der Waals surface area contributed by atoms with E-state index in [0.29, 0.717) is 5.71 Å². The highest BCUT2D eigenvalue weighted by atomic mass is 16.1. The van der Waals surface area contributed by atoms with Crippen LogP contribution in [0, 0.1) is 5.41 Å². The van der Waals surface area contributed by atoms with E-state index in [-0.39, 0.29) is 11.5 Å². The normalized spacial score (nSPS) is 14.5. The maximum absolute atomic E-state index is 11.4. The van der Waals surface area contributed by atoms with Crippen molar-refractivity contribution in [3.8, 4) is 0 Å². The number of aliphatic imine (C=N–C) groups is 1. The third-order valence-electron chi connectivity index (χ3n) is 2.55. The Morgan fingerprint density at radius 1 is 1.24 bits per heavy atom. The average molecular weight is 232 g/mol. The van der Waals surface area contributed by atoms with Gasteiger partial charge in [0.05, 0.1) is 6.04 Å². The van der Waals surface area contributed by atoms with E-state index in [9.17, 15) is 4.79 Å². The van der Waals surface area contributed by atoms with Gasteiger partial charge in [-0.3, -0.25) is 9.79 Å². The molecule has 0 radical (unpaired) electrons. The second kappa shape index (κ2) is 5.13. The van der Waals surface area contributed by atoms with E-state index in [1.165, 1.54) is 0 Å². The summed E-state index contributed by atoms with van der Waals surface area (Å²) in [5, 5.41) is 0. The molecule has 0 bridgehead atoms. The lowest BCUT2D eigenvalue weighted by molar-refractivity contribution is -0.112. The number of primary amides is 1. The number of benzene rings is 1. The fourth-order valence-electron chi connectivity index (χ4n) is 1.63. The molecule has 17 heavy (non-hydrogen) atoms. The second-order valence-electron chi connectivity index (χ2n) is 5.18. The molecule has 2 N–H and O–H groups in total. The van der Waals surface area contributed by atoms with Crippen LogP contribution in [0.1, 0.15) is 39.3 Å². The van der Waals surface area contributed by atoms with E-state index in [1.54, 1.807) is 0 Å². The zero-order chi connectivity index (χ0) is 13.1. The number of hydrogen-bond acceptors (Lipinski definition) is 2. The molecule has 0 heterocycles. The van der Waals surface area contributed by atoms with E-state index in [2.05, 4.69) is 4.99 Å². The lowest BCUT2D eigenvalue weighted by atomic mass is 9.89. The van der Waals surface area contributed by atoms with Crippen LogP contribution in [0.3, 0.4) is 0 Å². The number of rotatable bonds is 3. The highest BCUT2D eigenvalue weighted by Crippen LogP contribution is 2.22. The highest BCUT2D eigenvalue weighted by molar-refractivity contribution is 6.40. The van der Waals surface area contributed by atoms with Crippen molar-refractivity contribution in [2.24, 2.45) is 16.1 Å². The SMILES string of the molecule is C[C@H](N=C(C(N)=O)C(C)(C)C)c1ccccc1. The number of nitrogens with two attached hydrogens (primary N) is 1. The van der Waals surface area contributed by atoms with E-state index in [0.717, 1.165) is 5.56 Å². The predicted molar refractivity (Wildman–Crippen MR) is 70.9 cm³/mol. The summed E-state index contributed by atoms with van der Waals surface area (Å²) < 4.78 is 0. The summed E-state index contributed by atoms with van der Waals surface area (Å²) in [6.45, 7) is 7.78. The first-order valence-corrected chi connectivity index (χ1v) is 5.75. The van der Waals surface area contributed by atoms with E-state index in [4.69, 9.17) is 5.73 Å². The Bertz CT molecular complexity index is 416. The molecule has 0 unspecified atom stereocenters. The summed E-state index contributed by atoms with van der Waals surface area (Å²) in [7, 11) is 0. The van der Waals surface area contributed by atoms with Crippen molar-refractivity contribution < 1.29 is 4.79 Å². The maximum Gasteiger partial charge on any atom is 0.263 e. The largest absolute Gasteiger partial charge is 0.365 e. The lowest BCUT2D eigenvalue weighted by Gasteiger charge is -2.20. The van der Waals surface area contributed by atoms with Gasteiger partial charge in [0, 0.05) is 5.41 Å². The van der Waals surface area contributed by atoms with E-state index in [1.807, 2.05) is 58.0 Å². The molecule has 92 valence electrons. The van der Waals surface area contributed by atoms with Crippen LogP contribution < -0.4 is 5.73 Å². The summed E-state index contributed by atoms with van der Waals surface area (Å²) >= 11 is 0. The molecular formula is C14H20N2O. The Hall–Kier alpha value is -1.64. The smallest absolute Gasteiger partial charge is 0.263 e. The average Bonchev–Trinajstić information content (AvgIpc) is 2.24.